The Morgan fingerprint density at radius 3 is 2.27 bits per heavy atom. The summed E-state index contributed by atoms with van der Waals surface area (Å²) >= 11 is -3.23. The van der Waals surface area contributed by atoms with Crippen LogP contribution in [0.2, 0.25) is 9.45 Å². The number of hydrogen-bond acceptors (Lipinski definition) is 2. The predicted octanol–water partition coefficient (Wildman–Crippen LogP) is -4.29. The first-order chi connectivity index (χ1) is 6.17. The summed E-state index contributed by atoms with van der Waals surface area (Å²) in [7, 11) is 0. The summed E-state index contributed by atoms with van der Waals surface area (Å²) in [5, 5.41) is 0. The third-order valence-corrected chi connectivity index (χ3v) is 6.25. The van der Waals surface area contributed by atoms with E-state index in [-0.39, 0.29) is 24.8 Å². The molecule has 2 rings (SSSR count). The molecule has 0 aromatic carbocycles. The molecule has 0 radical (unpaired) electrons. The van der Waals surface area contributed by atoms with Crippen molar-refractivity contribution < 1.29 is 49.6 Å². The van der Waals surface area contributed by atoms with Gasteiger partial charge in [0.25, 0.3) is 0 Å². The summed E-state index contributed by atoms with van der Waals surface area (Å²) in [6.07, 6.45) is 3.80. The van der Waals surface area contributed by atoms with Gasteiger partial charge in [0.15, 0.2) is 0 Å². The van der Waals surface area contributed by atoms with E-state index in [4.69, 9.17) is 0 Å². The van der Waals surface area contributed by atoms with Crippen LogP contribution in [0.25, 0.3) is 0 Å². The molecule has 15 heavy (non-hydrogen) atoms. The zero-order chi connectivity index (χ0) is 9.31. The third-order valence-electron chi connectivity index (χ3n) is 2.85. The molecule has 86 valence electrons. The first-order valence-corrected chi connectivity index (χ1v) is 8.36. The van der Waals surface area contributed by atoms with Gasteiger partial charge >= 0.3 is 82.0 Å². The second-order valence-corrected chi connectivity index (χ2v) is 8.51. The van der Waals surface area contributed by atoms with E-state index in [1.165, 1.54) is 5.69 Å². The summed E-state index contributed by atoms with van der Waals surface area (Å²) in [4.78, 5) is 3.19. The normalized spacial score (nSPS) is 18.0. The third kappa shape index (κ3) is 4.10. The topological polar surface area (TPSA) is 56.2 Å². The number of rotatable bonds is 1. The van der Waals surface area contributed by atoms with Crippen molar-refractivity contribution in [2.45, 2.75) is 28.2 Å². The molecule has 0 saturated carbocycles. The van der Waals surface area contributed by atoms with Crippen molar-refractivity contribution in [2.75, 3.05) is 0 Å². The van der Waals surface area contributed by atoms with Gasteiger partial charge in [-0.05, 0) is 0 Å². The molecule has 3 nitrogen and oxygen atoms in total. The average Bonchev–Trinajstić information content (AvgIpc) is 2.56. The number of hydrogen-bond donors (Lipinski definition) is 3. The van der Waals surface area contributed by atoms with Gasteiger partial charge in [0.1, 0.15) is 0 Å². The Morgan fingerprint density at radius 2 is 1.80 bits per heavy atom. The first-order valence-electron chi connectivity index (χ1n) is 4.75. The molecule has 1 fully saturated rings. The van der Waals surface area contributed by atoms with E-state index in [1.54, 1.807) is 0 Å². The Kier molecular flexibility index (Phi) is 6.49. The van der Waals surface area contributed by atoms with E-state index < -0.39 is 17.4 Å². The molecule has 1 aliphatic rings. The summed E-state index contributed by atoms with van der Waals surface area (Å²) < 4.78 is 20.4. The molecule has 1 aliphatic heterocycles. The van der Waals surface area contributed by atoms with Crippen LogP contribution in [-0.2, 0) is 17.4 Å². The summed E-state index contributed by atoms with van der Waals surface area (Å²) in [6, 6.07) is 4.08. The SMILES string of the molecule is [Cl-].[Cl-].[OH][Ti+2]1([OH])[CH2]CC(c2ccc[nH]2)C[CH2]1. The molecule has 0 amide bonds. The second-order valence-electron chi connectivity index (χ2n) is 3.88. The molecule has 0 spiro atoms. The van der Waals surface area contributed by atoms with E-state index in [2.05, 4.69) is 11.1 Å². The van der Waals surface area contributed by atoms with E-state index in [0.29, 0.717) is 15.4 Å². The van der Waals surface area contributed by atoms with Crippen LogP contribution in [-0.4, -0.2) is 12.4 Å². The number of H-pyrrole nitrogens is 1. The summed E-state index contributed by atoms with van der Waals surface area (Å²) in [6.45, 7) is 0. The Balaban J connectivity index is 0.000000980. The molecular weight excluding hydrogens is 273 g/mol. The molecule has 0 atom stereocenters. The van der Waals surface area contributed by atoms with Gasteiger partial charge in [-0.25, -0.2) is 0 Å². The van der Waals surface area contributed by atoms with Gasteiger partial charge in [0.05, 0.1) is 0 Å². The predicted molar refractivity (Wildman–Crippen MR) is 46.8 cm³/mol. The van der Waals surface area contributed by atoms with Crippen molar-refractivity contribution in [3.8, 4) is 0 Å². The Labute approximate surface area is 106 Å². The van der Waals surface area contributed by atoms with Crippen molar-refractivity contribution in [1.82, 2.24) is 4.98 Å². The van der Waals surface area contributed by atoms with Crippen LogP contribution < -0.4 is 24.8 Å². The van der Waals surface area contributed by atoms with Crippen LogP contribution in [0.3, 0.4) is 0 Å². The second kappa shape index (κ2) is 6.28. The van der Waals surface area contributed by atoms with Crippen LogP contribution in [0.5, 0.6) is 0 Å². The van der Waals surface area contributed by atoms with Crippen LogP contribution in [0, 0.1) is 0 Å². The summed E-state index contributed by atoms with van der Waals surface area (Å²) in [5.41, 5.74) is 1.25. The average molecular weight is 288 g/mol. The van der Waals surface area contributed by atoms with Crippen LogP contribution >= 0.6 is 0 Å². The van der Waals surface area contributed by atoms with Gasteiger partial charge in [-0.3, -0.25) is 0 Å². The molecule has 0 aliphatic carbocycles. The Morgan fingerprint density at radius 1 is 1.20 bits per heavy atom. The molecule has 0 bridgehead atoms. The van der Waals surface area contributed by atoms with Gasteiger partial charge in [0.2, 0.25) is 0 Å². The monoisotopic (exact) mass is 287 g/mol. The zero-order valence-corrected chi connectivity index (χ0v) is 11.4. The minimum absolute atomic E-state index is 0. The van der Waals surface area contributed by atoms with Gasteiger partial charge < -0.3 is 24.8 Å². The van der Waals surface area contributed by atoms with Crippen LogP contribution in [0.4, 0.5) is 0 Å². The first kappa shape index (κ1) is 15.5. The van der Waals surface area contributed by atoms with Crippen molar-refractivity contribution >= 4 is 0 Å². The van der Waals surface area contributed by atoms with E-state index in [1.807, 2.05) is 12.3 Å². The molecule has 6 heteroatoms. The zero-order valence-electron chi connectivity index (χ0n) is 8.29. The Hall–Kier alpha value is 0.494. The van der Waals surface area contributed by atoms with Gasteiger partial charge in [-0.15, -0.1) is 0 Å². The fourth-order valence-corrected chi connectivity index (χ4v) is 4.91. The van der Waals surface area contributed by atoms with Crippen molar-refractivity contribution in [3.05, 3.63) is 24.0 Å². The van der Waals surface area contributed by atoms with Gasteiger partial charge in [-0.1, -0.05) is 0 Å². The quantitative estimate of drug-likeness (QED) is 0.458. The molecule has 1 aromatic rings. The number of aromatic nitrogens is 1. The standard InChI is InChI=1S/C9H13N.2ClH.2H2O.Ti/c1-3-8(4-2)9-6-5-7-10-9;;;;;/h5-8,10H,1-4H2;2*1H;2*1H2;/q;;;;;+4/p-4. The van der Waals surface area contributed by atoms with Gasteiger partial charge in [-0.2, -0.15) is 0 Å². The Bertz CT molecular complexity index is 270. The maximum atomic E-state index is 9.52. The minimum atomic E-state index is -3.23. The van der Waals surface area contributed by atoms with Crippen molar-refractivity contribution in [3.63, 3.8) is 0 Å². The molecule has 1 saturated heterocycles. The maximum absolute atomic E-state index is 9.52. The number of nitrogens with one attached hydrogen (secondary N) is 1. The van der Waals surface area contributed by atoms with E-state index in [9.17, 15) is 7.38 Å². The van der Waals surface area contributed by atoms with Crippen LogP contribution in [0.1, 0.15) is 24.5 Å². The molecule has 0 unspecified atom stereocenters. The molecule has 2 heterocycles. The fourth-order valence-electron chi connectivity index (χ4n) is 1.99. The number of aromatic amines is 1. The van der Waals surface area contributed by atoms with Crippen molar-refractivity contribution in [1.29, 1.82) is 0 Å². The van der Waals surface area contributed by atoms with Crippen LogP contribution in [0.15, 0.2) is 18.3 Å². The molecular formula is C9H15Cl2NO2Ti. The molecule has 3 N–H and O–H groups in total. The molecule has 1 aromatic heterocycles. The van der Waals surface area contributed by atoms with Gasteiger partial charge in [0, 0.05) is 0 Å². The van der Waals surface area contributed by atoms with E-state index >= 15 is 0 Å². The van der Waals surface area contributed by atoms with Crippen molar-refractivity contribution in [2.24, 2.45) is 0 Å². The van der Waals surface area contributed by atoms with E-state index in [0.717, 1.165) is 12.8 Å². The fraction of sp³-hybridized carbons (Fsp3) is 0.556. The summed E-state index contributed by atoms with van der Waals surface area (Å²) in [5.74, 6) is 0.521. The number of halogens is 2.